The second-order valence-corrected chi connectivity index (χ2v) is 6.34. The summed E-state index contributed by atoms with van der Waals surface area (Å²) < 4.78 is 0. The first-order valence-corrected chi connectivity index (χ1v) is 8.62. The third-order valence-electron chi connectivity index (χ3n) is 3.86. The number of carbonyl (C=O) groups is 1. The van der Waals surface area contributed by atoms with Crippen molar-refractivity contribution in [1.82, 2.24) is 4.90 Å². The highest BCUT2D eigenvalue weighted by Crippen LogP contribution is 2.30. The van der Waals surface area contributed by atoms with Crippen LogP contribution in [0.1, 0.15) is 39.2 Å². The summed E-state index contributed by atoms with van der Waals surface area (Å²) in [6.45, 7) is 11.0. The summed E-state index contributed by atoms with van der Waals surface area (Å²) in [6, 6.07) is 3.87. The second-order valence-electron chi connectivity index (χ2n) is 5.53. The van der Waals surface area contributed by atoms with Crippen LogP contribution < -0.4 is 4.90 Å². The molecule has 1 aliphatic heterocycles. The van der Waals surface area contributed by atoms with Crippen LogP contribution in [0.5, 0.6) is 0 Å². The predicted molar refractivity (Wildman–Crippen MR) is 96.2 cm³/mol. The molecule has 5 heteroatoms. The zero-order chi connectivity index (χ0) is 16.7. The number of piperazine rings is 1. The monoisotopic (exact) mass is 344 g/mol. The van der Waals surface area contributed by atoms with E-state index in [9.17, 15) is 4.79 Å². The lowest BCUT2D eigenvalue weighted by Crippen LogP contribution is -2.48. The SMILES string of the molecule is CC(=O)N1CCN(c2cc(Cl)c(C)c(Cl)c2)CC1.CCCC. The summed E-state index contributed by atoms with van der Waals surface area (Å²) in [5.41, 5.74) is 1.93. The zero-order valence-corrected chi connectivity index (χ0v) is 15.5. The van der Waals surface area contributed by atoms with Crippen LogP contribution in [0, 0.1) is 6.92 Å². The van der Waals surface area contributed by atoms with Gasteiger partial charge in [-0.1, -0.05) is 49.9 Å². The van der Waals surface area contributed by atoms with E-state index in [-0.39, 0.29) is 5.91 Å². The number of carbonyl (C=O) groups excluding carboxylic acids is 1. The van der Waals surface area contributed by atoms with Crippen molar-refractivity contribution in [1.29, 1.82) is 0 Å². The third kappa shape index (κ3) is 5.36. The number of anilines is 1. The minimum atomic E-state index is 0.134. The Morgan fingerprint density at radius 1 is 1.05 bits per heavy atom. The van der Waals surface area contributed by atoms with Gasteiger partial charge in [-0.3, -0.25) is 4.79 Å². The van der Waals surface area contributed by atoms with Gasteiger partial charge in [0, 0.05) is 48.8 Å². The Labute approximate surface area is 144 Å². The van der Waals surface area contributed by atoms with E-state index in [0.29, 0.717) is 10.0 Å². The highest BCUT2D eigenvalue weighted by atomic mass is 35.5. The first-order valence-electron chi connectivity index (χ1n) is 7.86. The number of hydrogen-bond acceptors (Lipinski definition) is 2. The molecule has 0 unspecified atom stereocenters. The summed E-state index contributed by atoms with van der Waals surface area (Å²) in [5.74, 6) is 0.134. The summed E-state index contributed by atoms with van der Waals surface area (Å²) >= 11 is 12.3. The van der Waals surface area contributed by atoms with Gasteiger partial charge in [0.1, 0.15) is 0 Å². The molecule has 3 nitrogen and oxygen atoms in total. The van der Waals surface area contributed by atoms with Crippen molar-refractivity contribution in [3.8, 4) is 0 Å². The number of benzene rings is 1. The van der Waals surface area contributed by atoms with Gasteiger partial charge in [-0.25, -0.2) is 0 Å². The topological polar surface area (TPSA) is 23.6 Å². The average Bonchev–Trinajstić information content (AvgIpc) is 2.52. The van der Waals surface area contributed by atoms with Gasteiger partial charge in [0.05, 0.1) is 0 Å². The highest BCUT2D eigenvalue weighted by molar-refractivity contribution is 6.36. The minimum absolute atomic E-state index is 0.134. The van der Waals surface area contributed by atoms with Crippen LogP contribution in [0.4, 0.5) is 5.69 Å². The zero-order valence-electron chi connectivity index (χ0n) is 14.0. The first-order chi connectivity index (χ1) is 10.4. The molecule has 0 radical (unpaired) electrons. The third-order valence-corrected chi connectivity index (χ3v) is 4.64. The molecule has 0 spiro atoms. The molecule has 1 aromatic carbocycles. The van der Waals surface area contributed by atoms with E-state index in [1.165, 1.54) is 12.8 Å². The first kappa shape index (κ1) is 19.1. The molecule has 0 aliphatic carbocycles. The van der Waals surface area contributed by atoms with Crippen molar-refractivity contribution in [3.63, 3.8) is 0 Å². The molecule has 1 saturated heterocycles. The van der Waals surface area contributed by atoms with Gasteiger partial charge < -0.3 is 9.80 Å². The molecule has 1 heterocycles. The maximum absolute atomic E-state index is 11.3. The van der Waals surface area contributed by atoms with Crippen LogP contribution in [-0.4, -0.2) is 37.0 Å². The Bertz CT molecular complexity index is 472. The number of amides is 1. The molecule has 0 bridgehead atoms. The lowest BCUT2D eigenvalue weighted by atomic mass is 10.2. The van der Waals surface area contributed by atoms with E-state index in [4.69, 9.17) is 23.2 Å². The Balaban J connectivity index is 0.000000541. The van der Waals surface area contributed by atoms with Gasteiger partial charge in [0.2, 0.25) is 5.91 Å². The van der Waals surface area contributed by atoms with Gasteiger partial charge in [-0.05, 0) is 24.6 Å². The molecule has 22 heavy (non-hydrogen) atoms. The summed E-state index contributed by atoms with van der Waals surface area (Å²) in [4.78, 5) is 15.3. The fourth-order valence-corrected chi connectivity index (χ4v) is 2.57. The number of rotatable bonds is 2. The molecule has 0 saturated carbocycles. The molecular weight excluding hydrogens is 319 g/mol. The molecular formula is C17H26Cl2N2O. The van der Waals surface area contributed by atoms with Crippen LogP contribution in [0.15, 0.2) is 12.1 Å². The van der Waals surface area contributed by atoms with Gasteiger partial charge in [0.25, 0.3) is 0 Å². The molecule has 124 valence electrons. The number of halogens is 2. The molecule has 0 aromatic heterocycles. The van der Waals surface area contributed by atoms with Crippen molar-refractivity contribution in [3.05, 3.63) is 27.7 Å². The van der Waals surface area contributed by atoms with Crippen molar-refractivity contribution >= 4 is 34.8 Å². The lowest BCUT2D eigenvalue weighted by molar-refractivity contribution is -0.129. The van der Waals surface area contributed by atoms with E-state index in [1.807, 2.05) is 24.0 Å². The Hall–Kier alpha value is -0.930. The molecule has 1 aliphatic rings. The number of unbranched alkanes of at least 4 members (excludes halogenated alkanes) is 1. The van der Waals surface area contributed by atoms with Gasteiger partial charge in [-0.2, -0.15) is 0 Å². The van der Waals surface area contributed by atoms with E-state index in [2.05, 4.69) is 18.7 Å². The number of nitrogens with zero attached hydrogens (tertiary/aromatic N) is 2. The average molecular weight is 345 g/mol. The van der Waals surface area contributed by atoms with Gasteiger partial charge in [0.15, 0.2) is 0 Å². The van der Waals surface area contributed by atoms with Crippen LogP contribution in [0.2, 0.25) is 10.0 Å². The van der Waals surface area contributed by atoms with Gasteiger partial charge in [-0.15, -0.1) is 0 Å². The summed E-state index contributed by atoms with van der Waals surface area (Å²) in [5, 5.41) is 1.37. The normalized spacial score (nSPS) is 14.5. The fourth-order valence-electron chi connectivity index (χ4n) is 2.09. The van der Waals surface area contributed by atoms with Crippen LogP contribution in [-0.2, 0) is 4.79 Å². The summed E-state index contributed by atoms with van der Waals surface area (Å²) in [7, 11) is 0. The van der Waals surface area contributed by atoms with Crippen molar-refractivity contribution < 1.29 is 4.79 Å². The Kier molecular flexibility index (Phi) is 8.05. The van der Waals surface area contributed by atoms with Crippen molar-refractivity contribution in [2.45, 2.75) is 40.5 Å². The largest absolute Gasteiger partial charge is 0.368 e. The van der Waals surface area contributed by atoms with Crippen molar-refractivity contribution in [2.24, 2.45) is 0 Å². The Morgan fingerprint density at radius 3 is 1.86 bits per heavy atom. The van der Waals surface area contributed by atoms with Crippen LogP contribution >= 0.6 is 23.2 Å². The quantitative estimate of drug-likeness (QED) is 0.770. The van der Waals surface area contributed by atoms with E-state index >= 15 is 0 Å². The molecule has 1 amide bonds. The standard InChI is InChI=1S/C13H16Cl2N2O.C4H10/c1-9-12(14)7-11(8-13(9)15)17-5-3-16(4-6-17)10(2)18;1-3-4-2/h7-8H,3-6H2,1-2H3;3-4H2,1-2H3. The molecule has 2 rings (SSSR count). The van der Waals surface area contributed by atoms with Gasteiger partial charge >= 0.3 is 0 Å². The van der Waals surface area contributed by atoms with E-state index in [1.54, 1.807) is 6.92 Å². The second kappa shape index (κ2) is 9.26. The maximum Gasteiger partial charge on any atom is 0.219 e. The maximum atomic E-state index is 11.3. The number of hydrogen-bond donors (Lipinski definition) is 0. The van der Waals surface area contributed by atoms with Crippen LogP contribution in [0.3, 0.4) is 0 Å². The van der Waals surface area contributed by atoms with E-state index < -0.39 is 0 Å². The molecule has 1 aromatic rings. The van der Waals surface area contributed by atoms with Crippen molar-refractivity contribution in [2.75, 3.05) is 31.1 Å². The van der Waals surface area contributed by atoms with Crippen LogP contribution in [0.25, 0.3) is 0 Å². The highest BCUT2D eigenvalue weighted by Gasteiger charge is 2.19. The minimum Gasteiger partial charge on any atom is -0.368 e. The summed E-state index contributed by atoms with van der Waals surface area (Å²) in [6.07, 6.45) is 2.64. The molecule has 0 N–H and O–H groups in total. The fraction of sp³-hybridized carbons (Fsp3) is 0.588. The molecule has 0 atom stereocenters. The predicted octanol–water partition coefficient (Wildman–Crippen LogP) is 4.78. The molecule has 1 fully saturated rings. The Morgan fingerprint density at radius 2 is 1.50 bits per heavy atom. The lowest BCUT2D eigenvalue weighted by Gasteiger charge is -2.35. The smallest absolute Gasteiger partial charge is 0.219 e. The van der Waals surface area contributed by atoms with E-state index in [0.717, 1.165) is 37.4 Å².